The molecule has 242 valence electrons. The van der Waals surface area contributed by atoms with Gasteiger partial charge >= 0.3 is 6.18 Å². The van der Waals surface area contributed by atoms with Crippen LogP contribution in [0.3, 0.4) is 0 Å². The number of halogens is 3. The number of alkyl halides is 3. The van der Waals surface area contributed by atoms with Gasteiger partial charge in [0.1, 0.15) is 5.69 Å². The first-order chi connectivity index (χ1) is 22.3. The van der Waals surface area contributed by atoms with E-state index in [0.717, 1.165) is 12.1 Å². The summed E-state index contributed by atoms with van der Waals surface area (Å²) >= 11 is 0. The van der Waals surface area contributed by atoms with Crippen molar-refractivity contribution in [3.63, 3.8) is 0 Å². The Morgan fingerprint density at radius 2 is 1.45 bits per heavy atom. The number of hydrogen-bond acceptors (Lipinski definition) is 6. The van der Waals surface area contributed by atoms with Gasteiger partial charge in [-0.2, -0.15) is 23.3 Å². The number of aryl methyl sites for hydroxylation is 1. The average molecular weight is 656 g/mol. The number of fused-ring (bicyclic) bond motifs is 1. The van der Waals surface area contributed by atoms with Crippen LogP contribution in [0.15, 0.2) is 104 Å². The lowest BCUT2D eigenvalue weighted by atomic mass is 10.1. The summed E-state index contributed by atoms with van der Waals surface area (Å²) in [5, 5.41) is 14.6. The summed E-state index contributed by atoms with van der Waals surface area (Å²) < 4.78 is 50.0. The van der Waals surface area contributed by atoms with E-state index in [4.69, 9.17) is 19.5 Å². The Kier molecular flexibility index (Phi) is 8.49. The molecule has 1 N–H and O–H groups in total. The molecule has 0 saturated heterocycles. The molecule has 8 nitrogen and oxygen atoms in total. The maximum atomic E-state index is 13.2. The lowest BCUT2D eigenvalue weighted by Crippen LogP contribution is -2.67. The Morgan fingerprint density at radius 1 is 0.830 bits per heavy atom. The summed E-state index contributed by atoms with van der Waals surface area (Å²) in [5.41, 5.74) is 1.93. The van der Waals surface area contributed by atoms with Crippen molar-refractivity contribution in [1.82, 2.24) is 29.4 Å². The van der Waals surface area contributed by atoms with Gasteiger partial charge in [-0.05, 0) is 34.5 Å². The van der Waals surface area contributed by atoms with Gasteiger partial charge in [-0.1, -0.05) is 93.6 Å². The van der Waals surface area contributed by atoms with Crippen molar-refractivity contribution in [2.75, 3.05) is 11.9 Å². The van der Waals surface area contributed by atoms with E-state index in [1.807, 2.05) is 19.1 Å². The van der Waals surface area contributed by atoms with Gasteiger partial charge in [0.2, 0.25) is 5.95 Å². The molecule has 0 saturated carbocycles. The Labute approximate surface area is 272 Å². The molecule has 0 bridgehead atoms. The normalized spacial score (nSPS) is 13.2. The maximum Gasteiger partial charge on any atom is 0.416 e. The molecule has 6 aromatic rings. The van der Waals surface area contributed by atoms with Crippen molar-refractivity contribution in [3.05, 3.63) is 109 Å². The Morgan fingerprint density at radius 3 is 1.98 bits per heavy atom. The van der Waals surface area contributed by atoms with E-state index in [1.165, 1.54) is 22.5 Å². The number of nitrogens with zero attached hydrogens (tertiary/aromatic N) is 6. The molecule has 3 heterocycles. The minimum Gasteiger partial charge on any atom is -0.405 e. The van der Waals surface area contributed by atoms with Crippen LogP contribution in [0.5, 0.6) is 0 Å². The highest BCUT2D eigenvalue weighted by Gasteiger charge is 2.50. The smallest absolute Gasteiger partial charge is 0.405 e. The molecule has 1 atom stereocenters. The molecule has 3 aromatic heterocycles. The summed E-state index contributed by atoms with van der Waals surface area (Å²) in [6, 6.07) is 25.7. The molecule has 47 heavy (non-hydrogen) atoms. The Hall–Kier alpha value is -4.81. The fourth-order valence-electron chi connectivity index (χ4n) is 5.93. The molecule has 0 fully saturated rings. The fourth-order valence-corrected chi connectivity index (χ4v) is 10.6. The van der Waals surface area contributed by atoms with E-state index in [1.54, 1.807) is 34.8 Å². The zero-order valence-electron chi connectivity index (χ0n) is 26.8. The number of benzene rings is 3. The molecule has 0 unspecified atom stereocenters. The van der Waals surface area contributed by atoms with Gasteiger partial charge in [0.25, 0.3) is 8.32 Å². The molecule has 6 rings (SSSR count). The Bertz CT molecular complexity index is 1930. The third-order valence-electron chi connectivity index (χ3n) is 8.15. The molecule has 0 aliphatic rings. The highest BCUT2D eigenvalue weighted by atomic mass is 28.4. The number of rotatable bonds is 9. The first-order valence-corrected chi connectivity index (χ1v) is 17.2. The molecule has 0 aliphatic carbocycles. The van der Waals surface area contributed by atoms with Gasteiger partial charge < -0.3 is 9.74 Å². The van der Waals surface area contributed by atoms with Crippen LogP contribution >= 0.6 is 0 Å². The fraction of sp³-hybridized carbons (Fsp3) is 0.257. The predicted octanol–water partition coefficient (Wildman–Crippen LogP) is 6.59. The van der Waals surface area contributed by atoms with Gasteiger partial charge in [-0.25, -0.2) is 9.50 Å². The summed E-state index contributed by atoms with van der Waals surface area (Å²) in [7, 11) is -0.952. The number of nitrogens with one attached hydrogen (secondary N) is 1. The van der Waals surface area contributed by atoms with Crippen LogP contribution in [-0.4, -0.2) is 50.3 Å². The quantitative estimate of drug-likeness (QED) is 0.177. The van der Waals surface area contributed by atoms with Crippen LogP contribution in [0.4, 0.5) is 19.1 Å². The van der Waals surface area contributed by atoms with Gasteiger partial charge in [0, 0.05) is 30.4 Å². The summed E-state index contributed by atoms with van der Waals surface area (Å²) in [5.74, 6) is 0.375. The first kappa shape index (κ1) is 32.1. The molecule has 0 aliphatic heterocycles. The number of aromatic nitrogens is 6. The van der Waals surface area contributed by atoms with E-state index < -0.39 is 20.1 Å². The largest absolute Gasteiger partial charge is 0.416 e. The third-order valence-corrected chi connectivity index (χ3v) is 13.2. The minimum atomic E-state index is -4.43. The average Bonchev–Trinajstić information content (AvgIpc) is 3.66. The van der Waals surface area contributed by atoms with Crippen LogP contribution in [-0.2, 0) is 17.6 Å². The zero-order valence-corrected chi connectivity index (χ0v) is 27.8. The molecule has 0 radical (unpaired) electrons. The van der Waals surface area contributed by atoms with Gasteiger partial charge in [0.05, 0.1) is 30.3 Å². The molecule has 12 heteroatoms. The first-order valence-electron chi connectivity index (χ1n) is 15.3. The van der Waals surface area contributed by atoms with Gasteiger partial charge in [-0.15, -0.1) is 5.10 Å². The Balaban J connectivity index is 1.32. The van der Waals surface area contributed by atoms with Crippen molar-refractivity contribution in [2.24, 2.45) is 7.05 Å². The van der Waals surface area contributed by atoms with E-state index in [9.17, 15) is 13.2 Å². The van der Waals surface area contributed by atoms with Crippen LogP contribution in [0.2, 0.25) is 5.04 Å². The highest BCUT2D eigenvalue weighted by Crippen LogP contribution is 2.37. The van der Waals surface area contributed by atoms with Crippen molar-refractivity contribution >= 4 is 30.3 Å². The van der Waals surface area contributed by atoms with Crippen LogP contribution in [0, 0.1) is 0 Å². The third kappa shape index (κ3) is 6.43. The van der Waals surface area contributed by atoms with Crippen molar-refractivity contribution in [3.8, 4) is 22.5 Å². The van der Waals surface area contributed by atoms with E-state index >= 15 is 0 Å². The SMILES string of the molecule is C[C@@H](CO[Si](c1ccccc1)(c1ccccc1)C(C)(C)C)Nc1nc2c(-c3cnn(C)c3)nc(-c3ccc(C(F)(F)F)cc3)cn2n1. The summed E-state index contributed by atoms with van der Waals surface area (Å²) in [6.07, 6.45) is 0.711. The molecule has 3 aromatic carbocycles. The zero-order chi connectivity index (χ0) is 33.4. The topological polar surface area (TPSA) is 82.2 Å². The molecular weight excluding hydrogens is 620 g/mol. The molecular formula is C35H36F3N7OSi. The second kappa shape index (κ2) is 12.4. The highest BCUT2D eigenvalue weighted by molar-refractivity contribution is 6.99. The maximum absolute atomic E-state index is 13.2. The van der Waals surface area contributed by atoms with Gasteiger partial charge in [-0.3, -0.25) is 4.68 Å². The van der Waals surface area contributed by atoms with Gasteiger partial charge in [0.15, 0.2) is 5.65 Å². The summed E-state index contributed by atoms with van der Waals surface area (Å²) in [6.45, 7) is 9.14. The standard InChI is InChI=1S/C35H36F3N7OSi/c1-24(23-46-47(34(2,3)4,28-12-8-6-9-13-28)29-14-10-7-11-15-29)40-33-42-32-31(26-20-39-44(5)21-26)41-30(22-45(32)43-33)25-16-18-27(19-17-25)35(36,37)38/h6-22,24H,23H2,1-5H3,(H,40,43)/t24-/m0/s1. The summed E-state index contributed by atoms with van der Waals surface area (Å²) in [4.78, 5) is 9.57. The number of anilines is 1. The van der Waals surface area contributed by atoms with E-state index in [0.29, 0.717) is 40.7 Å². The van der Waals surface area contributed by atoms with E-state index in [2.05, 4.69) is 79.7 Å². The lowest BCUT2D eigenvalue weighted by Gasteiger charge is -2.43. The predicted molar refractivity (Wildman–Crippen MR) is 180 cm³/mol. The van der Waals surface area contributed by atoms with Crippen molar-refractivity contribution in [1.29, 1.82) is 0 Å². The number of hydrogen-bond donors (Lipinski definition) is 1. The van der Waals surface area contributed by atoms with E-state index in [-0.39, 0.29) is 11.1 Å². The lowest BCUT2D eigenvalue weighted by molar-refractivity contribution is -0.137. The van der Waals surface area contributed by atoms with Crippen LogP contribution < -0.4 is 15.7 Å². The second-order valence-corrected chi connectivity index (χ2v) is 17.0. The van der Waals surface area contributed by atoms with Crippen LogP contribution in [0.25, 0.3) is 28.2 Å². The molecule has 0 amide bonds. The monoisotopic (exact) mass is 655 g/mol. The van der Waals surface area contributed by atoms with Crippen LogP contribution in [0.1, 0.15) is 33.3 Å². The minimum absolute atomic E-state index is 0.168. The molecule has 0 spiro atoms. The van der Waals surface area contributed by atoms with Crippen molar-refractivity contribution in [2.45, 2.75) is 45.0 Å². The van der Waals surface area contributed by atoms with Crippen molar-refractivity contribution < 1.29 is 17.6 Å². The second-order valence-electron chi connectivity index (χ2n) is 12.7.